The minimum Gasteiger partial charge on any atom is -0.290 e. The van der Waals surface area contributed by atoms with E-state index in [1.54, 1.807) is 35.1 Å². The maximum atomic E-state index is 12.8. The second-order valence-corrected chi connectivity index (χ2v) is 6.41. The summed E-state index contributed by atoms with van der Waals surface area (Å²) in [5.41, 5.74) is 3.01. The Morgan fingerprint density at radius 3 is 2.60 bits per heavy atom. The number of pyridine rings is 1. The molecule has 2 aromatic carbocycles. The highest BCUT2D eigenvalue weighted by molar-refractivity contribution is 6.30. The first-order valence-electron chi connectivity index (χ1n) is 7.73. The van der Waals surface area contributed by atoms with E-state index in [0.29, 0.717) is 10.4 Å². The largest absolute Gasteiger partial charge is 0.290 e. The van der Waals surface area contributed by atoms with Crippen LogP contribution in [-0.4, -0.2) is 24.5 Å². The van der Waals surface area contributed by atoms with Crippen molar-refractivity contribution < 1.29 is 0 Å². The Kier molecular flexibility index (Phi) is 2.81. The summed E-state index contributed by atoms with van der Waals surface area (Å²) in [5.74, 6) is 0. The van der Waals surface area contributed by atoms with Gasteiger partial charge in [-0.1, -0.05) is 11.6 Å². The monoisotopic (exact) mass is 349 g/mol. The zero-order valence-corrected chi connectivity index (χ0v) is 13.9. The highest BCUT2D eigenvalue weighted by Gasteiger charge is 2.15. The van der Waals surface area contributed by atoms with Gasteiger partial charge in [-0.3, -0.25) is 19.6 Å². The Balaban J connectivity index is 1.93. The highest BCUT2D eigenvalue weighted by Crippen LogP contribution is 2.28. The lowest BCUT2D eigenvalue weighted by Crippen LogP contribution is -2.13. The van der Waals surface area contributed by atoms with Gasteiger partial charge in [0.15, 0.2) is 0 Å². The first kappa shape index (κ1) is 14.2. The number of aromatic amines is 1. The Morgan fingerprint density at radius 1 is 1.04 bits per heavy atom. The molecule has 5 aromatic rings. The Hall–Kier alpha value is -3.12. The van der Waals surface area contributed by atoms with Crippen LogP contribution in [0.25, 0.3) is 38.4 Å². The third kappa shape index (κ3) is 2.01. The Bertz CT molecular complexity index is 1330. The van der Waals surface area contributed by atoms with Crippen LogP contribution < -0.4 is 5.56 Å². The molecule has 0 unspecified atom stereocenters. The summed E-state index contributed by atoms with van der Waals surface area (Å²) in [6, 6.07) is 11.0. The molecule has 0 atom stereocenters. The van der Waals surface area contributed by atoms with Crippen molar-refractivity contribution in [2.24, 2.45) is 7.05 Å². The highest BCUT2D eigenvalue weighted by atomic mass is 35.5. The average Bonchev–Trinajstić information content (AvgIpc) is 3.15. The minimum absolute atomic E-state index is 0.146. The fourth-order valence-corrected chi connectivity index (χ4v) is 3.36. The summed E-state index contributed by atoms with van der Waals surface area (Å²) in [6.45, 7) is 0. The minimum atomic E-state index is -0.146. The molecule has 0 saturated carbocycles. The molecule has 25 heavy (non-hydrogen) atoms. The van der Waals surface area contributed by atoms with E-state index in [1.165, 1.54) is 4.68 Å². The molecule has 0 aliphatic rings. The fraction of sp³-hybridized carbons (Fsp3) is 0.0556. The predicted octanol–water partition coefficient (Wildman–Crippen LogP) is 3.41. The lowest BCUT2D eigenvalue weighted by atomic mass is 10.1. The second kappa shape index (κ2) is 4.94. The predicted molar refractivity (Wildman–Crippen MR) is 98.5 cm³/mol. The van der Waals surface area contributed by atoms with Gasteiger partial charge in [0.1, 0.15) is 0 Å². The van der Waals surface area contributed by atoms with Crippen molar-refractivity contribution in [1.29, 1.82) is 0 Å². The number of nitrogens with zero attached hydrogens (tertiary/aromatic N) is 4. The maximum Gasteiger partial charge on any atom is 0.280 e. The molecule has 6 nitrogen and oxygen atoms in total. The number of aryl methyl sites for hydroxylation is 1. The molecular formula is C18H12ClN5O. The molecule has 0 bridgehead atoms. The third-order valence-corrected chi connectivity index (χ3v) is 4.63. The quantitative estimate of drug-likeness (QED) is 0.504. The van der Waals surface area contributed by atoms with Crippen LogP contribution in [0.3, 0.4) is 0 Å². The standard InChI is InChI=1S/C18H12ClN5O/c1-23-9-13-14(21-23)6-7-15-16(13)17-12(8-20-15)18(25)24(22-17)11-4-2-10(19)3-5-11/h2-9,22H,1H3. The summed E-state index contributed by atoms with van der Waals surface area (Å²) in [6.07, 6.45) is 3.56. The number of H-pyrrole nitrogens is 1. The molecule has 1 N–H and O–H groups in total. The zero-order chi connectivity index (χ0) is 17.1. The van der Waals surface area contributed by atoms with E-state index in [0.717, 1.165) is 33.0 Å². The number of halogens is 1. The first-order chi connectivity index (χ1) is 12.1. The van der Waals surface area contributed by atoms with E-state index in [1.807, 2.05) is 25.4 Å². The van der Waals surface area contributed by atoms with Gasteiger partial charge in [-0.05, 0) is 36.4 Å². The van der Waals surface area contributed by atoms with E-state index in [-0.39, 0.29) is 5.56 Å². The van der Waals surface area contributed by atoms with Gasteiger partial charge >= 0.3 is 0 Å². The van der Waals surface area contributed by atoms with Crippen molar-refractivity contribution in [2.45, 2.75) is 0 Å². The van der Waals surface area contributed by atoms with Crippen molar-refractivity contribution in [3.63, 3.8) is 0 Å². The number of benzene rings is 2. The average molecular weight is 350 g/mol. The second-order valence-electron chi connectivity index (χ2n) is 5.97. The molecule has 3 aromatic heterocycles. The van der Waals surface area contributed by atoms with Crippen LogP contribution in [0, 0.1) is 0 Å². The van der Waals surface area contributed by atoms with Gasteiger partial charge in [0.05, 0.1) is 27.6 Å². The Morgan fingerprint density at radius 2 is 1.80 bits per heavy atom. The van der Waals surface area contributed by atoms with Crippen LogP contribution in [0.1, 0.15) is 0 Å². The van der Waals surface area contributed by atoms with Crippen molar-refractivity contribution in [3.8, 4) is 5.69 Å². The molecule has 0 spiro atoms. The van der Waals surface area contributed by atoms with Gasteiger partial charge in [-0.15, -0.1) is 0 Å². The van der Waals surface area contributed by atoms with Crippen LogP contribution in [0.15, 0.2) is 53.6 Å². The SMILES string of the molecule is Cn1cc2c(ccc3ncc4c(=O)n(-c5ccc(Cl)cc5)[nH]c4c32)n1. The summed E-state index contributed by atoms with van der Waals surface area (Å²) < 4.78 is 3.27. The number of hydrogen-bond acceptors (Lipinski definition) is 3. The molecule has 0 aliphatic carbocycles. The van der Waals surface area contributed by atoms with E-state index >= 15 is 0 Å². The molecule has 7 heteroatoms. The zero-order valence-electron chi connectivity index (χ0n) is 13.2. The molecule has 0 fully saturated rings. The van der Waals surface area contributed by atoms with E-state index in [9.17, 15) is 4.79 Å². The third-order valence-electron chi connectivity index (χ3n) is 4.38. The van der Waals surface area contributed by atoms with Crippen LogP contribution in [0.2, 0.25) is 5.02 Å². The lowest BCUT2D eigenvalue weighted by Gasteiger charge is -2.01. The lowest BCUT2D eigenvalue weighted by molar-refractivity contribution is 0.780. The molecule has 0 amide bonds. The molecule has 5 rings (SSSR count). The van der Waals surface area contributed by atoms with Crippen molar-refractivity contribution in [1.82, 2.24) is 24.5 Å². The van der Waals surface area contributed by atoms with Crippen molar-refractivity contribution >= 4 is 44.3 Å². The van der Waals surface area contributed by atoms with Gasteiger partial charge in [0.2, 0.25) is 0 Å². The molecule has 0 saturated heterocycles. The van der Waals surface area contributed by atoms with Gasteiger partial charge in [0, 0.05) is 35.2 Å². The molecule has 3 heterocycles. The fourth-order valence-electron chi connectivity index (χ4n) is 3.24. The van der Waals surface area contributed by atoms with Crippen molar-refractivity contribution in [2.75, 3.05) is 0 Å². The van der Waals surface area contributed by atoms with Gasteiger partial charge in [-0.25, -0.2) is 4.68 Å². The molecular weight excluding hydrogens is 338 g/mol. The molecule has 0 radical (unpaired) electrons. The van der Waals surface area contributed by atoms with Gasteiger partial charge in [0.25, 0.3) is 5.56 Å². The van der Waals surface area contributed by atoms with E-state index < -0.39 is 0 Å². The summed E-state index contributed by atoms with van der Waals surface area (Å²) in [7, 11) is 1.88. The van der Waals surface area contributed by atoms with Crippen molar-refractivity contribution in [3.05, 3.63) is 64.2 Å². The molecule has 0 aliphatic heterocycles. The normalized spacial score (nSPS) is 11.8. The van der Waals surface area contributed by atoms with Crippen LogP contribution in [-0.2, 0) is 7.05 Å². The maximum absolute atomic E-state index is 12.8. The topological polar surface area (TPSA) is 68.5 Å². The van der Waals surface area contributed by atoms with Crippen LogP contribution in [0.4, 0.5) is 0 Å². The van der Waals surface area contributed by atoms with E-state index in [4.69, 9.17) is 11.6 Å². The smallest absolute Gasteiger partial charge is 0.280 e. The molecule has 122 valence electrons. The van der Waals surface area contributed by atoms with Gasteiger partial charge < -0.3 is 0 Å². The number of fused-ring (bicyclic) bond motifs is 5. The number of hydrogen-bond donors (Lipinski definition) is 1. The van der Waals surface area contributed by atoms with Crippen LogP contribution in [0.5, 0.6) is 0 Å². The summed E-state index contributed by atoms with van der Waals surface area (Å²) in [4.78, 5) is 17.3. The summed E-state index contributed by atoms with van der Waals surface area (Å²) >= 11 is 5.95. The van der Waals surface area contributed by atoms with E-state index in [2.05, 4.69) is 15.2 Å². The number of nitrogens with one attached hydrogen (secondary N) is 1. The Labute approximate surface area is 146 Å². The first-order valence-corrected chi connectivity index (χ1v) is 8.11. The summed E-state index contributed by atoms with van der Waals surface area (Å²) in [5, 5.41) is 10.7. The number of aromatic nitrogens is 5. The van der Waals surface area contributed by atoms with Gasteiger partial charge in [-0.2, -0.15) is 5.10 Å². The van der Waals surface area contributed by atoms with Crippen LogP contribution >= 0.6 is 11.6 Å². The number of rotatable bonds is 1.